The molecule has 1 heterocycles. The Morgan fingerprint density at radius 3 is 3.06 bits per heavy atom. The van der Waals surface area contributed by atoms with Gasteiger partial charge in [0, 0.05) is 24.5 Å². The van der Waals surface area contributed by atoms with Crippen LogP contribution in [-0.4, -0.2) is 29.0 Å². The maximum Gasteiger partial charge on any atom is 0.268 e. The predicted molar refractivity (Wildman–Crippen MR) is 67.8 cm³/mol. The highest BCUT2D eigenvalue weighted by molar-refractivity contribution is 7.98. The number of amides is 1. The minimum Gasteiger partial charge on any atom is -0.397 e. The van der Waals surface area contributed by atoms with Gasteiger partial charge in [0.15, 0.2) is 0 Å². The highest BCUT2D eigenvalue weighted by Crippen LogP contribution is 2.37. The van der Waals surface area contributed by atoms with Gasteiger partial charge in [0.2, 0.25) is 0 Å². The first-order valence-electron chi connectivity index (χ1n) is 5.47. The Kier molecular flexibility index (Phi) is 3.43. The molecule has 4 nitrogen and oxygen atoms in total. The second-order valence-corrected chi connectivity index (χ2v) is 5.03. The lowest BCUT2D eigenvalue weighted by Crippen LogP contribution is -2.27. The van der Waals surface area contributed by atoms with Gasteiger partial charge in [0.1, 0.15) is 5.69 Å². The highest BCUT2D eigenvalue weighted by atomic mass is 32.2. The molecule has 0 spiro atoms. The molecule has 16 heavy (non-hydrogen) atoms. The minimum absolute atomic E-state index is 0.0161. The molecule has 1 aliphatic rings. The summed E-state index contributed by atoms with van der Waals surface area (Å²) in [5, 5.41) is 2.90. The molecule has 1 amide bonds. The van der Waals surface area contributed by atoms with Crippen LogP contribution < -0.4 is 11.1 Å². The summed E-state index contributed by atoms with van der Waals surface area (Å²) in [5.74, 6) is 0.920. The van der Waals surface area contributed by atoms with E-state index in [0.717, 1.165) is 18.6 Å². The van der Waals surface area contributed by atoms with Crippen LogP contribution in [-0.2, 0) is 0 Å². The van der Waals surface area contributed by atoms with E-state index in [1.54, 1.807) is 17.8 Å². The molecule has 1 aromatic rings. The van der Waals surface area contributed by atoms with E-state index in [4.69, 9.17) is 5.73 Å². The van der Waals surface area contributed by atoms with Crippen LogP contribution in [0.15, 0.2) is 12.3 Å². The molecule has 1 aliphatic carbocycles. The molecule has 0 atom stereocenters. The molecule has 0 saturated heterocycles. The number of aromatic nitrogens is 1. The van der Waals surface area contributed by atoms with Crippen molar-refractivity contribution in [1.82, 2.24) is 9.88 Å². The summed E-state index contributed by atoms with van der Waals surface area (Å²) in [7, 11) is 0. The van der Waals surface area contributed by atoms with Gasteiger partial charge < -0.3 is 15.6 Å². The summed E-state index contributed by atoms with van der Waals surface area (Å²) < 4.78 is 2.00. The molecule has 0 aliphatic heterocycles. The summed E-state index contributed by atoms with van der Waals surface area (Å²) in [6.07, 6.45) is 6.19. The Morgan fingerprint density at radius 2 is 2.44 bits per heavy atom. The fourth-order valence-corrected chi connectivity index (χ4v) is 2.00. The van der Waals surface area contributed by atoms with E-state index in [0.29, 0.717) is 24.0 Å². The van der Waals surface area contributed by atoms with Gasteiger partial charge in [0.05, 0.1) is 5.69 Å². The topological polar surface area (TPSA) is 60.1 Å². The van der Waals surface area contributed by atoms with E-state index in [-0.39, 0.29) is 5.91 Å². The first-order chi connectivity index (χ1) is 7.72. The second kappa shape index (κ2) is 4.82. The average molecular weight is 239 g/mol. The van der Waals surface area contributed by atoms with Gasteiger partial charge in [-0.1, -0.05) is 0 Å². The van der Waals surface area contributed by atoms with Crippen molar-refractivity contribution in [2.75, 3.05) is 24.3 Å². The molecular weight excluding hydrogens is 222 g/mol. The van der Waals surface area contributed by atoms with Crippen LogP contribution in [0, 0.1) is 0 Å². The van der Waals surface area contributed by atoms with E-state index < -0.39 is 0 Å². The lowest BCUT2D eigenvalue weighted by molar-refractivity contribution is 0.0946. The van der Waals surface area contributed by atoms with Gasteiger partial charge in [0.25, 0.3) is 5.91 Å². The van der Waals surface area contributed by atoms with Crippen molar-refractivity contribution < 1.29 is 4.79 Å². The van der Waals surface area contributed by atoms with Crippen molar-refractivity contribution in [2.45, 2.75) is 18.9 Å². The van der Waals surface area contributed by atoms with Gasteiger partial charge in [-0.15, -0.1) is 0 Å². The number of anilines is 1. The van der Waals surface area contributed by atoms with E-state index in [9.17, 15) is 4.79 Å². The van der Waals surface area contributed by atoms with Crippen molar-refractivity contribution >= 4 is 23.4 Å². The lowest BCUT2D eigenvalue weighted by Gasteiger charge is -2.07. The first-order valence-corrected chi connectivity index (χ1v) is 6.86. The van der Waals surface area contributed by atoms with Gasteiger partial charge in [-0.25, -0.2) is 0 Å². The molecule has 3 N–H and O–H groups in total. The molecule has 1 fully saturated rings. The predicted octanol–water partition coefficient (Wildman–Crippen LogP) is 1.50. The zero-order valence-electron chi connectivity index (χ0n) is 9.40. The summed E-state index contributed by atoms with van der Waals surface area (Å²) in [6, 6.07) is 2.24. The number of carbonyl (C=O) groups is 1. The highest BCUT2D eigenvalue weighted by Gasteiger charge is 2.27. The van der Waals surface area contributed by atoms with Crippen molar-refractivity contribution in [3.8, 4) is 0 Å². The largest absolute Gasteiger partial charge is 0.397 e. The number of hydrogen-bond acceptors (Lipinski definition) is 3. The van der Waals surface area contributed by atoms with Gasteiger partial charge in [-0.3, -0.25) is 4.79 Å². The van der Waals surface area contributed by atoms with E-state index in [1.807, 2.05) is 17.0 Å². The van der Waals surface area contributed by atoms with Crippen LogP contribution in [0.2, 0.25) is 0 Å². The van der Waals surface area contributed by atoms with Crippen LogP contribution >= 0.6 is 11.8 Å². The van der Waals surface area contributed by atoms with Crippen LogP contribution in [0.1, 0.15) is 29.4 Å². The monoisotopic (exact) mass is 239 g/mol. The van der Waals surface area contributed by atoms with Crippen LogP contribution in [0.5, 0.6) is 0 Å². The molecular formula is C11H17N3OS. The molecule has 1 saturated carbocycles. The third-order valence-electron chi connectivity index (χ3n) is 2.63. The number of nitrogens with zero attached hydrogens (tertiary/aromatic N) is 1. The Labute approximate surface area is 99.6 Å². The summed E-state index contributed by atoms with van der Waals surface area (Å²) in [5.41, 5.74) is 7.10. The van der Waals surface area contributed by atoms with Gasteiger partial charge in [-0.05, 0) is 25.2 Å². The van der Waals surface area contributed by atoms with Crippen LogP contribution in [0.3, 0.4) is 0 Å². The number of carbonyl (C=O) groups excluding carboxylic acids is 1. The second-order valence-electron chi connectivity index (χ2n) is 4.05. The third kappa shape index (κ3) is 2.52. The number of rotatable bonds is 5. The molecule has 0 bridgehead atoms. The Bertz CT molecular complexity index is 385. The Hall–Kier alpha value is -1.10. The molecule has 5 heteroatoms. The van der Waals surface area contributed by atoms with Crippen molar-refractivity contribution in [3.05, 3.63) is 18.0 Å². The number of nitrogens with one attached hydrogen (secondary N) is 1. The standard InChI is InChI=1S/C11H17N3OS/c1-16-5-4-13-11(15)10-6-8(12)7-14(10)9-2-3-9/h6-7,9H,2-5,12H2,1H3,(H,13,15). The number of nitrogen functional groups attached to an aromatic ring is 1. The Balaban J connectivity index is 2.03. The van der Waals surface area contributed by atoms with Gasteiger partial charge in [-0.2, -0.15) is 11.8 Å². The van der Waals surface area contributed by atoms with Crippen molar-refractivity contribution in [1.29, 1.82) is 0 Å². The van der Waals surface area contributed by atoms with Crippen LogP contribution in [0.25, 0.3) is 0 Å². The molecule has 2 rings (SSSR count). The first kappa shape index (κ1) is 11.4. The minimum atomic E-state index is -0.0161. The molecule has 0 unspecified atom stereocenters. The quantitative estimate of drug-likeness (QED) is 0.765. The van der Waals surface area contributed by atoms with E-state index >= 15 is 0 Å². The van der Waals surface area contributed by atoms with Gasteiger partial charge >= 0.3 is 0 Å². The van der Waals surface area contributed by atoms with Crippen molar-refractivity contribution in [2.24, 2.45) is 0 Å². The molecule has 1 aromatic heterocycles. The van der Waals surface area contributed by atoms with E-state index in [2.05, 4.69) is 5.32 Å². The van der Waals surface area contributed by atoms with Crippen molar-refractivity contribution in [3.63, 3.8) is 0 Å². The third-order valence-corrected chi connectivity index (χ3v) is 3.25. The number of hydrogen-bond donors (Lipinski definition) is 2. The maximum atomic E-state index is 11.9. The normalized spacial score (nSPS) is 15.1. The molecule has 0 aromatic carbocycles. The summed E-state index contributed by atoms with van der Waals surface area (Å²) in [6.45, 7) is 0.704. The zero-order chi connectivity index (χ0) is 11.5. The SMILES string of the molecule is CSCCNC(=O)c1cc(N)cn1C1CC1. The van der Waals surface area contributed by atoms with Crippen LogP contribution in [0.4, 0.5) is 5.69 Å². The number of nitrogens with two attached hydrogens (primary N) is 1. The zero-order valence-corrected chi connectivity index (χ0v) is 10.2. The summed E-state index contributed by atoms with van der Waals surface area (Å²) >= 11 is 1.72. The maximum absolute atomic E-state index is 11.9. The van der Waals surface area contributed by atoms with E-state index in [1.165, 1.54) is 0 Å². The molecule has 0 radical (unpaired) electrons. The fraction of sp³-hybridized carbons (Fsp3) is 0.545. The molecule has 88 valence electrons. The summed E-state index contributed by atoms with van der Waals surface area (Å²) in [4.78, 5) is 11.9. The average Bonchev–Trinajstić information content (AvgIpc) is 3.02. The number of thioether (sulfide) groups is 1. The lowest BCUT2D eigenvalue weighted by atomic mass is 10.3. The smallest absolute Gasteiger partial charge is 0.268 e. The Morgan fingerprint density at radius 1 is 1.69 bits per heavy atom. The fourth-order valence-electron chi connectivity index (χ4n) is 1.69.